The Labute approximate surface area is 101 Å². The predicted molar refractivity (Wildman–Crippen MR) is 66.3 cm³/mol. The number of pyridine rings is 1. The number of carbonyl (C=O) groups excluding carboxylic acids is 1. The van der Waals surface area contributed by atoms with Crippen molar-refractivity contribution >= 4 is 17.5 Å². The van der Waals surface area contributed by atoms with Gasteiger partial charge in [0.15, 0.2) is 0 Å². The van der Waals surface area contributed by atoms with Gasteiger partial charge >= 0.3 is 0 Å². The Morgan fingerprint density at radius 2 is 2.12 bits per heavy atom. The van der Waals surface area contributed by atoms with Crippen molar-refractivity contribution in [3.8, 4) is 0 Å². The highest BCUT2D eigenvalue weighted by Crippen LogP contribution is 2.18. The third-order valence-electron chi connectivity index (χ3n) is 2.60. The molecule has 0 saturated carbocycles. The van der Waals surface area contributed by atoms with Crippen LogP contribution in [0.1, 0.15) is 12.5 Å². The van der Waals surface area contributed by atoms with E-state index in [9.17, 15) is 4.79 Å². The first-order chi connectivity index (χ1) is 8.15. The summed E-state index contributed by atoms with van der Waals surface area (Å²) >= 11 is 0. The van der Waals surface area contributed by atoms with Crippen LogP contribution in [0.2, 0.25) is 0 Å². The van der Waals surface area contributed by atoms with Gasteiger partial charge < -0.3 is 15.0 Å². The third-order valence-corrected chi connectivity index (χ3v) is 2.60. The average molecular weight is 235 g/mol. The lowest BCUT2D eigenvalue weighted by molar-refractivity contribution is -0.114. The van der Waals surface area contributed by atoms with Crippen molar-refractivity contribution in [3.63, 3.8) is 0 Å². The molecule has 2 rings (SSSR count). The van der Waals surface area contributed by atoms with Gasteiger partial charge in [0.2, 0.25) is 5.91 Å². The first-order valence-corrected chi connectivity index (χ1v) is 5.74. The van der Waals surface area contributed by atoms with Crippen LogP contribution >= 0.6 is 0 Å². The molecule has 5 nitrogen and oxygen atoms in total. The van der Waals surface area contributed by atoms with Gasteiger partial charge in [0.05, 0.1) is 13.2 Å². The molecule has 1 amide bonds. The number of carbonyl (C=O) groups is 1. The average Bonchev–Trinajstić information content (AvgIpc) is 2.28. The molecule has 0 bridgehead atoms. The van der Waals surface area contributed by atoms with Gasteiger partial charge in [0.25, 0.3) is 0 Å². The Hall–Kier alpha value is -1.62. The van der Waals surface area contributed by atoms with E-state index < -0.39 is 0 Å². The number of hydrogen-bond donors (Lipinski definition) is 1. The Balaban J connectivity index is 2.20. The van der Waals surface area contributed by atoms with Gasteiger partial charge in [0, 0.05) is 20.0 Å². The number of morpholine rings is 1. The first-order valence-electron chi connectivity index (χ1n) is 5.74. The molecular weight excluding hydrogens is 218 g/mol. The number of nitrogens with zero attached hydrogens (tertiary/aromatic N) is 2. The highest BCUT2D eigenvalue weighted by atomic mass is 16.5. The van der Waals surface area contributed by atoms with E-state index in [1.165, 1.54) is 6.92 Å². The Morgan fingerprint density at radius 1 is 1.41 bits per heavy atom. The van der Waals surface area contributed by atoms with Gasteiger partial charge in [-0.1, -0.05) is 0 Å². The van der Waals surface area contributed by atoms with Crippen LogP contribution in [-0.4, -0.2) is 37.2 Å². The van der Waals surface area contributed by atoms with Crippen LogP contribution in [0.4, 0.5) is 11.6 Å². The topological polar surface area (TPSA) is 54.5 Å². The minimum atomic E-state index is -0.101. The predicted octanol–water partition coefficient (Wildman–Crippen LogP) is 1.19. The summed E-state index contributed by atoms with van der Waals surface area (Å²) in [7, 11) is 0. The first kappa shape index (κ1) is 11.9. The highest BCUT2D eigenvalue weighted by molar-refractivity contribution is 5.87. The van der Waals surface area contributed by atoms with E-state index in [2.05, 4.69) is 15.2 Å². The molecule has 5 heteroatoms. The maximum atomic E-state index is 11.0. The maximum Gasteiger partial charge on any atom is 0.222 e. The van der Waals surface area contributed by atoms with Crippen LogP contribution in [0.5, 0.6) is 0 Å². The fraction of sp³-hybridized carbons (Fsp3) is 0.500. The molecule has 0 atom stereocenters. The van der Waals surface area contributed by atoms with E-state index in [-0.39, 0.29) is 5.91 Å². The van der Waals surface area contributed by atoms with Crippen molar-refractivity contribution in [1.29, 1.82) is 0 Å². The normalized spacial score (nSPS) is 15.8. The summed E-state index contributed by atoms with van der Waals surface area (Å²) in [6.07, 6.45) is 0. The summed E-state index contributed by atoms with van der Waals surface area (Å²) in [6.45, 7) is 6.62. The van der Waals surface area contributed by atoms with Crippen molar-refractivity contribution < 1.29 is 9.53 Å². The second-order valence-electron chi connectivity index (χ2n) is 4.17. The molecule has 17 heavy (non-hydrogen) atoms. The smallest absolute Gasteiger partial charge is 0.222 e. The summed E-state index contributed by atoms with van der Waals surface area (Å²) in [5.41, 5.74) is 1.09. The quantitative estimate of drug-likeness (QED) is 0.836. The van der Waals surface area contributed by atoms with Gasteiger partial charge in [-0.2, -0.15) is 0 Å². The van der Waals surface area contributed by atoms with Crippen molar-refractivity contribution in [2.45, 2.75) is 13.8 Å². The van der Waals surface area contributed by atoms with Crippen LogP contribution in [0, 0.1) is 6.92 Å². The monoisotopic (exact) mass is 235 g/mol. The second kappa shape index (κ2) is 5.14. The van der Waals surface area contributed by atoms with Crippen molar-refractivity contribution in [1.82, 2.24) is 4.98 Å². The number of aromatic nitrogens is 1. The number of aryl methyl sites for hydroxylation is 1. The van der Waals surface area contributed by atoms with E-state index in [4.69, 9.17) is 4.74 Å². The Kier molecular flexibility index (Phi) is 3.58. The zero-order valence-corrected chi connectivity index (χ0v) is 10.2. The summed E-state index contributed by atoms with van der Waals surface area (Å²) in [5.74, 6) is 1.41. The van der Waals surface area contributed by atoms with E-state index in [1.807, 2.05) is 19.1 Å². The van der Waals surface area contributed by atoms with Crippen LogP contribution in [-0.2, 0) is 9.53 Å². The number of rotatable bonds is 2. The molecule has 0 radical (unpaired) electrons. The molecule has 0 spiro atoms. The third kappa shape index (κ3) is 3.17. The molecule has 2 heterocycles. The van der Waals surface area contributed by atoms with E-state index in [0.29, 0.717) is 5.82 Å². The lowest BCUT2D eigenvalue weighted by atomic mass is 10.2. The van der Waals surface area contributed by atoms with Crippen LogP contribution in [0.3, 0.4) is 0 Å². The van der Waals surface area contributed by atoms with Crippen molar-refractivity contribution in [2.24, 2.45) is 0 Å². The fourth-order valence-electron chi connectivity index (χ4n) is 1.85. The fourth-order valence-corrected chi connectivity index (χ4v) is 1.85. The molecule has 1 N–H and O–H groups in total. The number of amides is 1. The minimum absolute atomic E-state index is 0.101. The number of hydrogen-bond acceptors (Lipinski definition) is 4. The van der Waals surface area contributed by atoms with Gasteiger partial charge in [0.1, 0.15) is 11.6 Å². The van der Waals surface area contributed by atoms with E-state index >= 15 is 0 Å². The van der Waals surface area contributed by atoms with Crippen LogP contribution in [0.15, 0.2) is 12.1 Å². The molecule has 0 aliphatic carbocycles. The van der Waals surface area contributed by atoms with Gasteiger partial charge in [-0.15, -0.1) is 0 Å². The lowest BCUT2D eigenvalue weighted by Crippen LogP contribution is -2.36. The molecule has 1 fully saturated rings. The number of anilines is 2. The summed E-state index contributed by atoms with van der Waals surface area (Å²) in [5, 5.41) is 2.72. The molecular formula is C12H17N3O2. The molecule has 0 aromatic carbocycles. The van der Waals surface area contributed by atoms with Crippen molar-refractivity contribution in [3.05, 3.63) is 17.7 Å². The zero-order chi connectivity index (χ0) is 12.3. The SMILES string of the molecule is CC(=O)Nc1cc(C)cc(N2CCOCC2)n1. The van der Waals surface area contributed by atoms with Crippen LogP contribution in [0.25, 0.3) is 0 Å². The van der Waals surface area contributed by atoms with Gasteiger partial charge in [-0.25, -0.2) is 4.98 Å². The van der Waals surface area contributed by atoms with Crippen LogP contribution < -0.4 is 10.2 Å². The molecule has 1 aromatic rings. The number of ether oxygens (including phenoxy) is 1. The maximum absolute atomic E-state index is 11.0. The van der Waals surface area contributed by atoms with E-state index in [0.717, 1.165) is 37.7 Å². The molecule has 0 unspecified atom stereocenters. The molecule has 92 valence electrons. The van der Waals surface area contributed by atoms with Crippen molar-refractivity contribution in [2.75, 3.05) is 36.5 Å². The Bertz CT molecular complexity index is 414. The summed E-state index contributed by atoms with van der Waals surface area (Å²) in [6, 6.07) is 3.89. The Morgan fingerprint density at radius 3 is 2.76 bits per heavy atom. The summed E-state index contributed by atoms with van der Waals surface area (Å²) in [4.78, 5) is 17.6. The lowest BCUT2D eigenvalue weighted by Gasteiger charge is -2.28. The zero-order valence-electron chi connectivity index (χ0n) is 10.2. The highest BCUT2D eigenvalue weighted by Gasteiger charge is 2.13. The molecule has 1 aliphatic rings. The number of nitrogens with one attached hydrogen (secondary N) is 1. The minimum Gasteiger partial charge on any atom is -0.378 e. The molecule has 1 aliphatic heterocycles. The second-order valence-corrected chi connectivity index (χ2v) is 4.17. The van der Waals surface area contributed by atoms with Gasteiger partial charge in [-0.05, 0) is 24.6 Å². The largest absolute Gasteiger partial charge is 0.378 e. The standard InChI is InChI=1S/C12H17N3O2/c1-9-7-11(13-10(2)16)14-12(8-9)15-3-5-17-6-4-15/h7-8H,3-6H2,1-2H3,(H,13,14,16). The van der Waals surface area contributed by atoms with E-state index in [1.54, 1.807) is 0 Å². The van der Waals surface area contributed by atoms with Gasteiger partial charge in [-0.3, -0.25) is 4.79 Å². The summed E-state index contributed by atoms with van der Waals surface area (Å²) < 4.78 is 5.31. The molecule has 1 saturated heterocycles. The molecule has 1 aromatic heterocycles.